The molecule has 0 saturated heterocycles. The highest BCUT2D eigenvalue weighted by Gasteiger charge is 1.73. The monoisotopic (exact) mass is 73.1 g/mol. The fraction of sp³-hybridized carbons (Fsp3) is 1.00. The topological polar surface area (TPSA) is 47.9 Å². The van der Waals surface area contributed by atoms with E-state index in [9.17, 15) is 0 Å². The highest BCUT2D eigenvalue weighted by atomic mass is 16.3. The molecular weight excluding hydrogens is 64.8 g/mol. The standard InChI is InChI=1S/C2H7NO.B/c1-2(3)4;/h2,4H,3H2,1H3;/q;-1/p+1. The van der Waals surface area contributed by atoms with E-state index in [1.54, 1.807) is 6.92 Å². The largest absolute Gasteiger partial charge is 1.00 e. The zero-order chi connectivity index (χ0) is 3.58. The van der Waals surface area contributed by atoms with E-state index >= 15 is 0 Å². The highest BCUT2D eigenvalue weighted by molar-refractivity contribution is 5.75. The van der Waals surface area contributed by atoms with Gasteiger partial charge in [0.15, 0.2) is 6.23 Å². The second-order valence-electron chi connectivity index (χ2n) is 0.849. The normalized spacial score (nSPS) is 12.6. The van der Waals surface area contributed by atoms with Crippen molar-refractivity contribution in [1.82, 2.24) is 0 Å². The minimum Gasteiger partial charge on any atom is -1.00 e. The Bertz CT molecular complexity index is 14.4. The maximum atomic E-state index is 7.94. The summed E-state index contributed by atoms with van der Waals surface area (Å²) in [7, 11) is 0. The lowest BCUT2D eigenvalue weighted by Gasteiger charge is -1.77. The summed E-state index contributed by atoms with van der Waals surface area (Å²) in [4.78, 5) is 0. The number of hydrogen-bond donors (Lipinski definition) is 2. The van der Waals surface area contributed by atoms with E-state index in [0.29, 0.717) is 0 Å². The Morgan fingerprint density at radius 1 is 1.80 bits per heavy atom. The summed E-state index contributed by atoms with van der Waals surface area (Å²) >= 11 is 0. The van der Waals surface area contributed by atoms with Crippen LogP contribution in [0.1, 0.15) is 6.92 Å². The maximum Gasteiger partial charge on any atom is 0.182 e. The molecule has 0 aromatic heterocycles. The molecule has 0 spiro atoms. The van der Waals surface area contributed by atoms with Gasteiger partial charge in [-0.15, -0.1) is 0 Å². The molecule has 0 aliphatic carbocycles. The summed E-state index contributed by atoms with van der Waals surface area (Å²) in [5.74, 6) is 0. The van der Waals surface area contributed by atoms with Gasteiger partial charge in [-0.05, 0) is 0 Å². The fourth-order valence-corrected chi connectivity index (χ4v) is 0. The Balaban J connectivity index is 0. The van der Waals surface area contributed by atoms with Crippen LogP contribution >= 0.6 is 0 Å². The fourth-order valence-electron chi connectivity index (χ4n) is 0. The van der Waals surface area contributed by atoms with Crippen molar-refractivity contribution < 1.29 is 10.8 Å². The molecule has 1 atom stereocenters. The average molecular weight is 72.9 g/mol. The van der Waals surface area contributed by atoms with Gasteiger partial charge in [-0.25, -0.2) is 0 Å². The number of rotatable bonds is 0. The Morgan fingerprint density at radius 3 is 1.80 bits per heavy atom. The quantitative estimate of drug-likeness (QED) is 0.257. The average Bonchev–Trinajstić information content (AvgIpc) is 0.811. The first-order valence-corrected chi connectivity index (χ1v) is 1.24. The Morgan fingerprint density at radius 2 is 1.80 bits per heavy atom. The zero-order valence-corrected chi connectivity index (χ0v) is 3.31. The molecule has 0 bridgehead atoms. The van der Waals surface area contributed by atoms with Gasteiger partial charge in [0.2, 0.25) is 0 Å². The lowest BCUT2D eigenvalue weighted by molar-refractivity contribution is -0.475. The molecule has 0 rings (SSSR count). The van der Waals surface area contributed by atoms with Crippen LogP contribution in [0, 0.1) is 0 Å². The SMILES string of the molecule is CC([NH3+])O.[B-]. The summed E-state index contributed by atoms with van der Waals surface area (Å²) in [6, 6.07) is 0. The van der Waals surface area contributed by atoms with Gasteiger partial charge >= 0.3 is 0 Å². The number of quaternary nitrogens is 1. The third-order valence-electron chi connectivity index (χ3n) is 0. The van der Waals surface area contributed by atoms with Gasteiger partial charge in [0.05, 0.1) is 0 Å². The van der Waals surface area contributed by atoms with Crippen LogP contribution in [0.4, 0.5) is 0 Å². The van der Waals surface area contributed by atoms with Crippen molar-refractivity contribution in [2.75, 3.05) is 0 Å². The summed E-state index contributed by atoms with van der Waals surface area (Å²) in [5, 5.41) is 7.94. The van der Waals surface area contributed by atoms with Crippen LogP contribution in [0.2, 0.25) is 0 Å². The lowest BCUT2D eigenvalue weighted by Crippen LogP contribution is -2.58. The zero-order valence-electron chi connectivity index (χ0n) is 3.31. The van der Waals surface area contributed by atoms with Crippen LogP contribution in [0.5, 0.6) is 0 Å². The molecule has 0 heterocycles. The minimum absolute atomic E-state index is 0. The molecule has 0 aromatic rings. The minimum atomic E-state index is -0.417. The van der Waals surface area contributed by atoms with E-state index in [-0.39, 0.29) is 8.41 Å². The molecule has 30 valence electrons. The van der Waals surface area contributed by atoms with E-state index in [4.69, 9.17) is 5.11 Å². The summed E-state index contributed by atoms with van der Waals surface area (Å²) in [6.07, 6.45) is -0.417. The first kappa shape index (κ1) is 8.88. The summed E-state index contributed by atoms with van der Waals surface area (Å²) in [5.41, 5.74) is 3.19. The second kappa shape index (κ2) is 3.98. The molecule has 1 unspecified atom stereocenters. The first-order chi connectivity index (χ1) is 1.73. The van der Waals surface area contributed by atoms with Gasteiger partial charge in [0.1, 0.15) is 0 Å². The number of hydrogen-bond acceptors (Lipinski definition) is 1. The Labute approximate surface area is 33.6 Å². The van der Waals surface area contributed by atoms with Gasteiger partial charge in [0.25, 0.3) is 0 Å². The third-order valence-corrected chi connectivity index (χ3v) is 0. The van der Waals surface area contributed by atoms with Gasteiger partial charge in [-0.1, -0.05) is 0 Å². The van der Waals surface area contributed by atoms with Crippen LogP contribution in [-0.4, -0.2) is 19.7 Å². The lowest BCUT2D eigenvalue weighted by atomic mass is 10.7. The van der Waals surface area contributed by atoms with Gasteiger partial charge < -0.3 is 19.3 Å². The van der Waals surface area contributed by atoms with Gasteiger partial charge in [-0.2, -0.15) is 0 Å². The van der Waals surface area contributed by atoms with Gasteiger partial charge in [-0.3, -0.25) is 0 Å². The molecule has 0 amide bonds. The molecule has 0 saturated carbocycles. The predicted octanol–water partition coefficient (Wildman–Crippen LogP) is -1.81. The van der Waals surface area contributed by atoms with Crippen LogP contribution < -0.4 is 5.73 Å². The van der Waals surface area contributed by atoms with Crippen molar-refractivity contribution in [2.24, 2.45) is 0 Å². The molecule has 5 heavy (non-hydrogen) atoms. The van der Waals surface area contributed by atoms with Crippen LogP contribution in [0.3, 0.4) is 0 Å². The highest BCUT2D eigenvalue weighted by Crippen LogP contribution is 1.44. The smallest absolute Gasteiger partial charge is 0.182 e. The van der Waals surface area contributed by atoms with Crippen LogP contribution in [0.25, 0.3) is 0 Å². The number of aliphatic hydroxyl groups is 1. The van der Waals surface area contributed by atoms with E-state index in [1.165, 1.54) is 0 Å². The van der Waals surface area contributed by atoms with Crippen molar-refractivity contribution in [1.29, 1.82) is 0 Å². The van der Waals surface area contributed by atoms with Crippen molar-refractivity contribution in [3.8, 4) is 0 Å². The molecular formula is C2H8BNO. The van der Waals surface area contributed by atoms with Crippen molar-refractivity contribution in [2.45, 2.75) is 13.2 Å². The molecule has 3 heteroatoms. The molecule has 0 fully saturated rings. The molecule has 4 radical (unpaired) electrons. The second-order valence-corrected chi connectivity index (χ2v) is 0.849. The summed E-state index contributed by atoms with van der Waals surface area (Å²) in [6.45, 7) is 1.61. The molecule has 4 N–H and O–H groups in total. The van der Waals surface area contributed by atoms with E-state index < -0.39 is 6.23 Å². The Hall–Kier alpha value is -0.0151. The van der Waals surface area contributed by atoms with E-state index in [1.807, 2.05) is 0 Å². The Kier molecular flexibility index (Phi) is 7.08. The van der Waals surface area contributed by atoms with Crippen molar-refractivity contribution in [3.63, 3.8) is 0 Å². The molecule has 0 aromatic carbocycles. The molecule has 0 aliphatic heterocycles. The van der Waals surface area contributed by atoms with E-state index in [0.717, 1.165) is 0 Å². The van der Waals surface area contributed by atoms with Crippen LogP contribution in [0.15, 0.2) is 0 Å². The first-order valence-electron chi connectivity index (χ1n) is 1.24. The van der Waals surface area contributed by atoms with Crippen molar-refractivity contribution in [3.05, 3.63) is 0 Å². The maximum absolute atomic E-state index is 7.94. The van der Waals surface area contributed by atoms with Crippen LogP contribution in [-0.2, 0) is 0 Å². The van der Waals surface area contributed by atoms with Gasteiger partial charge in [0, 0.05) is 6.92 Å². The predicted molar refractivity (Wildman–Crippen MR) is 20.3 cm³/mol. The van der Waals surface area contributed by atoms with E-state index in [2.05, 4.69) is 5.73 Å². The number of aliphatic hydroxyl groups excluding tert-OH is 1. The summed E-state index contributed by atoms with van der Waals surface area (Å²) < 4.78 is 0. The molecule has 2 nitrogen and oxygen atoms in total. The van der Waals surface area contributed by atoms with Crippen molar-refractivity contribution >= 4 is 8.41 Å². The molecule has 0 aliphatic rings. The third kappa shape index (κ3) is 69200.